The molecule has 0 unspecified atom stereocenters. The number of thioether (sulfide) groups is 1. The molecule has 0 fully saturated rings. The maximum absolute atomic E-state index is 13.6. The van der Waals surface area contributed by atoms with Gasteiger partial charge in [0.2, 0.25) is 0 Å². The Morgan fingerprint density at radius 3 is 2.70 bits per heavy atom. The van der Waals surface area contributed by atoms with Crippen LogP contribution >= 0.6 is 23.1 Å². The molecule has 0 saturated carbocycles. The molecule has 0 N–H and O–H groups in total. The maximum Gasteiger partial charge on any atom is 0.267 e. The lowest BCUT2D eigenvalue weighted by atomic mass is 10.1. The van der Waals surface area contributed by atoms with Crippen molar-refractivity contribution in [1.82, 2.24) is 9.55 Å². The average Bonchev–Trinajstić information content (AvgIpc) is 2.88. The van der Waals surface area contributed by atoms with Crippen LogP contribution in [0, 0.1) is 0 Å². The van der Waals surface area contributed by atoms with Gasteiger partial charge in [0.1, 0.15) is 10.6 Å². The first kappa shape index (κ1) is 18.6. The minimum absolute atomic E-state index is 0.0724. The Morgan fingerprint density at radius 2 is 1.96 bits per heavy atom. The minimum Gasteiger partial charge on any atom is -0.497 e. The molecule has 4 nitrogen and oxygen atoms in total. The molecular formula is C21H24N2O2S2. The summed E-state index contributed by atoms with van der Waals surface area (Å²) >= 11 is 3.39. The molecule has 0 aliphatic heterocycles. The molecule has 0 radical (unpaired) electrons. The van der Waals surface area contributed by atoms with Crippen molar-refractivity contribution in [2.45, 2.75) is 50.6 Å². The molecule has 27 heavy (non-hydrogen) atoms. The Morgan fingerprint density at radius 1 is 1.19 bits per heavy atom. The molecule has 1 aliphatic carbocycles. The number of fused-ring (bicyclic) bond motifs is 3. The third kappa shape index (κ3) is 3.52. The van der Waals surface area contributed by atoms with Crippen molar-refractivity contribution in [3.8, 4) is 11.4 Å². The monoisotopic (exact) mass is 400 g/mol. The van der Waals surface area contributed by atoms with Gasteiger partial charge in [0.25, 0.3) is 5.56 Å². The Labute approximate surface area is 167 Å². The van der Waals surface area contributed by atoms with Crippen LogP contribution in [0.4, 0.5) is 0 Å². The molecule has 0 saturated heterocycles. The predicted molar refractivity (Wildman–Crippen MR) is 114 cm³/mol. The van der Waals surface area contributed by atoms with Crippen LogP contribution in [-0.2, 0) is 12.8 Å². The van der Waals surface area contributed by atoms with E-state index in [1.54, 1.807) is 34.8 Å². The molecule has 4 rings (SSSR count). The van der Waals surface area contributed by atoms with E-state index in [0.717, 1.165) is 58.2 Å². The fraction of sp³-hybridized carbons (Fsp3) is 0.429. The van der Waals surface area contributed by atoms with Gasteiger partial charge in [0.05, 0.1) is 18.2 Å². The van der Waals surface area contributed by atoms with Gasteiger partial charge in [-0.3, -0.25) is 9.36 Å². The molecule has 3 aromatic rings. The maximum atomic E-state index is 13.6. The highest BCUT2D eigenvalue weighted by atomic mass is 32.2. The fourth-order valence-corrected chi connectivity index (χ4v) is 5.78. The van der Waals surface area contributed by atoms with E-state index in [0.29, 0.717) is 0 Å². The van der Waals surface area contributed by atoms with Crippen LogP contribution in [0.15, 0.2) is 34.2 Å². The van der Waals surface area contributed by atoms with Crippen LogP contribution < -0.4 is 10.3 Å². The van der Waals surface area contributed by atoms with Crippen molar-refractivity contribution in [3.63, 3.8) is 0 Å². The summed E-state index contributed by atoms with van der Waals surface area (Å²) in [6.07, 6.45) is 6.73. The summed E-state index contributed by atoms with van der Waals surface area (Å²) < 4.78 is 7.06. The highest BCUT2D eigenvalue weighted by Gasteiger charge is 2.22. The number of rotatable bonds is 5. The lowest BCUT2D eigenvalue weighted by molar-refractivity contribution is 0.414. The third-order valence-corrected chi connectivity index (χ3v) is 7.30. The number of nitrogens with zero attached hydrogens (tertiary/aromatic N) is 2. The van der Waals surface area contributed by atoms with Crippen LogP contribution in [0.3, 0.4) is 0 Å². The van der Waals surface area contributed by atoms with Crippen molar-refractivity contribution in [3.05, 3.63) is 45.1 Å². The first-order valence-electron chi connectivity index (χ1n) is 9.57. The average molecular weight is 401 g/mol. The van der Waals surface area contributed by atoms with Crippen molar-refractivity contribution >= 4 is 33.3 Å². The van der Waals surface area contributed by atoms with Gasteiger partial charge in [-0.2, -0.15) is 0 Å². The molecule has 0 atom stereocenters. The van der Waals surface area contributed by atoms with Crippen molar-refractivity contribution in [2.75, 3.05) is 12.9 Å². The van der Waals surface area contributed by atoms with Gasteiger partial charge in [-0.1, -0.05) is 25.1 Å². The number of methoxy groups -OCH3 is 1. The van der Waals surface area contributed by atoms with Gasteiger partial charge in [-0.05, 0) is 61.9 Å². The summed E-state index contributed by atoms with van der Waals surface area (Å²) in [7, 11) is 1.65. The quantitative estimate of drug-likeness (QED) is 0.334. The number of aromatic nitrogens is 2. The zero-order valence-electron chi connectivity index (χ0n) is 15.8. The smallest absolute Gasteiger partial charge is 0.267 e. The zero-order valence-corrected chi connectivity index (χ0v) is 17.4. The summed E-state index contributed by atoms with van der Waals surface area (Å²) in [5.41, 5.74) is 2.17. The number of benzene rings is 1. The zero-order chi connectivity index (χ0) is 18.8. The molecule has 0 spiro atoms. The molecule has 2 aromatic heterocycles. The largest absolute Gasteiger partial charge is 0.497 e. The first-order valence-corrected chi connectivity index (χ1v) is 11.4. The van der Waals surface area contributed by atoms with Crippen LogP contribution in [0.5, 0.6) is 5.75 Å². The van der Waals surface area contributed by atoms with Crippen molar-refractivity contribution in [2.24, 2.45) is 0 Å². The summed E-state index contributed by atoms with van der Waals surface area (Å²) in [4.78, 5) is 20.8. The normalized spacial score (nSPS) is 14.1. The van der Waals surface area contributed by atoms with Gasteiger partial charge in [0.15, 0.2) is 5.16 Å². The van der Waals surface area contributed by atoms with E-state index < -0.39 is 0 Å². The molecule has 6 heteroatoms. The SMILES string of the molecule is CCCSc1nc2sc3c(c2c(=O)n1-c1ccc(OC)cc1)CCCCC3. The summed E-state index contributed by atoms with van der Waals surface area (Å²) in [6, 6.07) is 7.67. The second-order valence-corrected chi connectivity index (χ2v) is 8.97. The van der Waals surface area contributed by atoms with E-state index in [-0.39, 0.29) is 5.56 Å². The van der Waals surface area contributed by atoms with Crippen LogP contribution in [0.25, 0.3) is 15.9 Å². The number of hydrogen-bond donors (Lipinski definition) is 0. The molecule has 0 amide bonds. The molecule has 142 valence electrons. The lowest BCUT2D eigenvalue weighted by Crippen LogP contribution is -2.22. The van der Waals surface area contributed by atoms with E-state index in [1.165, 1.54) is 23.3 Å². The standard InChI is InChI=1S/C21H24N2O2S2/c1-3-13-26-21-22-19-18(16-7-5-4-6-8-17(16)27-19)20(24)23(21)14-9-11-15(25-2)12-10-14/h9-12H,3-8,13H2,1-2H3. The van der Waals surface area contributed by atoms with Gasteiger partial charge in [-0.25, -0.2) is 4.98 Å². The van der Waals surface area contributed by atoms with E-state index >= 15 is 0 Å². The van der Waals surface area contributed by atoms with E-state index in [2.05, 4.69) is 6.92 Å². The van der Waals surface area contributed by atoms with E-state index in [1.807, 2.05) is 24.3 Å². The van der Waals surface area contributed by atoms with Gasteiger partial charge in [-0.15, -0.1) is 11.3 Å². The Balaban J connectivity index is 1.94. The minimum atomic E-state index is 0.0724. The predicted octanol–water partition coefficient (Wildman–Crippen LogP) is 5.23. The molecular weight excluding hydrogens is 376 g/mol. The van der Waals surface area contributed by atoms with Gasteiger partial charge in [0, 0.05) is 10.6 Å². The molecule has 0 bridgehead atoms. The number of aryl methyl sites for hydroxylation is 2. The van der Waals surface area contributed by atoms with Gasteiger partial charge >= 0.3 is 0 Å². The van der Waals surface area contributed by atoms with E-state index in [9.17, 15) is 4.79 Å². The third-order valence-electron chi connectivity index (χ3n) is 4.97. The second-order valence-electron chi connectivity index (χ2n) is 6.83. The van der Waals surface area contributed by atoms with Crippen molar-refractivity contribution < 1.29 is 4.74 Å². The number of ether oxygens (including phenoxy) is 1. The van der Waals surface area contributed by atoms with E-state index in [4.69, 9.17) is 9.72 Å². The fourth-order valence-electron chi connectivity index (χ4n) is 3.61. The number of hydrogen-bond acceptors (Lipinski definition) is 5. The van der Waals surface area contributed by atoms with Crippen LogP contribution in [0.1, 0.15) is 43.0 Å². The molecule has 1 aliphatic rings. The molecule has 1 aromatic carbocycles. The second kappa shape index (κ2) is 8.07. The summed E-state index contributed by atoms with van der Waals surface area (Å²) in [6.45, 7) is 2.15. The Hall–Kier alpha value is -1.79. The lowest BCUT2D eigenvalue weighted by Gasteiger charge is -2.13. The highest BCUT2D eigenvalue weighted by molar-refractivity contribution is 7.99. The highest BCUT2D eigenvalue weighted by Crippen LogP contribution is 2.34. The van der Waals surface area contributed by atoms with Gasteiger partial charge < -0.3 is 4.74 Å². The summed E-state index contributed by atoms with van der Waals surface area (Å²) in [5.74, 6) is 1.73. The Kier molecular flexibility index (Phi) is 5.55. The van der Waals surface area contributed by atoms with Crippen molar-refractivity contribution in [1.29, 1.82) is 0 Å². The van der Waals surface area contributed by atoms with Crippen LogP contribution in [-0.4, -0.2) is 22.4 Å². The molecule has 2 heterocycles. The topological polar surface area (TPSA) is 44.1 Å². The number of thiophene rings is 1. The summed E-state index contributed by atoms with van der Waals surface area (Å²) in [5, 5.41) is 1.63. The Bertz CT molecular complexity index is 1010. The van der Waals surface area contributed by atoms with Crippen LogP contribution in [0.2, 0.25) is 0 Å². The first-order chi connectivity index (χ1) is 13.2.